The highest BCUT2D eigenvalue weighted by molar-refractivity contribution is 5.97. The van der Waals surface area contributed by atoms with Gasteiger partial charge in [-0.15, -0.1) is 0 Å². The number of likely N-dealkylation sites (tertiary alicyclic amines) is 1. The van der Waals surface area contributed by atoms with Gasteiger partial charge in [0.1, 0.15) is 11.5 Å². The number of ether oxygens (including phenoxy) is 2. The molecule has 6 heteroatoms. The first-order valence-electron chi connectivity index (χ1n) is 8.76. The summed E-state index contributed by atoms with van der Waals surface area (Å²) in [7, 11) is 1.58. The molecular weight excluding hydrogens is 322 g/mol. The van der Waals surface area contributed by atoms with Crippen LogP contribution in [0.3, 0.4) is 0 Å². The van der Waals surface area contributed by atoms with Crippen molar-refractivity contribution in [1.29, 1.82) is 0 Å². The number of piperidine rings is 1. The molecule has 0 radical (unpaired) electrons. The van der Waals surface area contributed by atoms with Crippen molar-refractivity contribution < 1.29 is 24.2 Å². The van der Waals surface area contributed by atoms with Crippen LogP contribution in [0.2, 0.25) is 0 Å². The largest absolute Gasteiger partial charge is 0.497 e. The number of methoxy groups -OCH3 is 1. The van der Waals surface area contributed by atoms with Crippen molar-refractivity contribution in [3.8, 4) is 11.5 Å². The van der Waals surface area contributed by atoms with Crippen LogP contribution in [0, 0.1) is 5.92 Å². The molecule has 1 aromatic carbocycles. The number of carbonyl (C=O) groups excluding carboxylic acids is 1. The molecule has 1 N–H and O–H groups in total. The lowest BCUT2D eigenvalue weighted by molar-refractivity contribution is -0.137. The van der Waals surface area contributed by atoms with E-state index in [1.54, 1.807) is 25.3 Å². The fourth-order valence-corrected chi connectivity index (χ4v) is 3.14. The molecule has 1 aliphatic heterocycles. The molecule has 1 aliphatic rings. The molecular formula is C19H27NO5. The number of benzene rings is 1. The van der Waals surface area contributed by atoms with Gasteiger partial charge >= 0.3 is 5.97 Å². The van der Waals surface area contributed by atoms with Gasteiger partial charge in [0, 0.05) is 25.6 Å². The number of carbonyl (C=O) groups is 2. The minimum atomic E-state index is -0.786. The normalized spacial score (nSPS) is 17.4. The van der Waals surface area contributed by atoms with Crippen LogP contribution in [0.4, 0.5) is 0 Å². The van der Waals surface area contributed by atoms with Gasteiger partial charge in [-0.3, -0.25) is 9.59 Å². The van der Waals surface area contributed by atoms with Gasteiger partial charge in [-0.25, -0.2) is 0 Å². The summed E-state index contributed by atoms with van der Waals surface area (Å²) in [6, 6.07) is 5.23. The van der Waals surface area contributed by atoms with E-state index in [-0.39, 0.29) is 24.3 Å². The Bertz CT molecular complexity index is 614. The van der Waals surface area contributed by atoms with E-state index in [1.165, 1.54) is 0 Å². The molecule has 138 valence electrons. The summed E-state index contributed by atoms with van der Waals surface area (Å²) in [6.07, 6.45) is 2.57. The third kappa shape index (κ3) is 5.37. The lowest BCUT2D eigenvalue weighted by atomic mass is 9.93. The Morgan fingerprint density at radius 2 is 2.12 bits per heavy atom. The molecule has 1 unspecified atom stereocenters. The molecule has 1 saturated heterocycles. The Morgan fingerprint density at radius 3 is 2.76 bits per heavy atom. The van der Waals surface area contributed by atoms with Crippen molar-refractivity contribution in [2.75, 3.05) is 20.2 Å². The van der Waals surface area contributed by atoms with Gasteiger partial charge in [0.2, 0.25) is 0 Å². The average molecular weight is 349 g/mol. The lowest BCUT2D eigenvalue weighted by Gasteiger charge is -2.33. The molecule has 0 bridgehead atoms. The summed E-state index contributed by atoms with van der Waals surface area (Å²) in [5, 5.41) is 8.86. The van der Waals surface area contributed by atoms with Crippen LogP contribution in [0.25, 0.3) is 0 Å². The topological polar surface area (TPSA) is 76.1 Å². The number of hydrogen-bond acceptors (Lipinski definition) is 4. The second kappa shape index (κ2) is 8.74. The van der Waals surface area contributed by atoms with Gasteiger partial charge in [-0.2, -0.15) is 0 Å². The molecule has 1 amide bonds. The van der Waals surface area contributed by atoms with E-state index < -0.39 is 5.97 Å². The first kappa shape index (κ1) is 19.1. The standard InChI is InChI=1S/C19H27NO5/c1-13(2)25-17-11-15(24-3)7-8-16(17)19(23)20-10-4-5-14(12-20)6-9-18(21)22/h7-8,11,13-14H,4-6,9-10,12H2,1-3H3,(H,21,22). The van der Waals surface area contributed by atoms with Gasteiger partial charge in [0.25, 0.3) is 5.91 Å². The highest BCUT2D eigenvalue weighted by atomic mass is 16.5. The Morgan fingerprint density at radius 1 is 1.36 bits per heavy atom. The summed E-state index contributed by atoms with van der Waals surface area (Å²) >= 11 is 0. The monoisotopic (exact) mass is 349 g/mol. The van der Waals surface area contributed by atoms with Gasteiger partial charge in [-0.05, 0) is 51.2 Å². The van der Waals surface area contributed by atoms with E-state index >= 15 is 0 Å². The number of rotatable bonds is 7. The fourth-order valence-electron chi connectivity index (χ4n) is 3.14. The van der Waals surface area contributed by atoms with Crippen molar-refractivity contribution >= 4 is 11.9 Å². The van der Waals surface area contributed by atoms with Crippen LogP contribution in [0.5, 0.6) is 11.5 Å². The molecule has 6 nitrogen and oxygen atoms in total. The van der Waals surface area contributed by atoms with Gasteiger partial charge in [-0.1, -0.05) is 0 Å². The molecule has 0 saturated carbocycles. The number of carboxylic acids is 1. The van der Waals surface area contributed by atoms with Crippen molar-refractivity contribution in [2.45, 2.75) is 45.6 Å². The molecule has 1 aromatic rings. The number of carboxylic acid groups (broad SMARTS) is 1. The zero-order valence-corrected chi connectivity index (χ0v) is 15.2. The Hall–Kier alpha value is -2.24. The Labute approximate surface area is 148 Å². The average Bonchev–Trinajstić information content (AvgIpc) is 2.59. The second-order valence-electron chi connectivity index (χ2n) is 6.72. The Kier molecular flexibility index (Phi) is 6.67. The fraction of sp³-hybridized carbons (Fsp3) is 0.579. The number of amides is 1. The zero-order chi connectivity index (χ0) is 18.4. The van der Waals surface area contributed by atoms with E-state index in [0.717, 1.165) is 12.8 Å². The minimum Gasteiger partial charge on any atom is -0.497 e. The summed E-state index contributed by atoms with van der Waals surface area (Å²) in [5.41, 5.74) is 0.522. The molecule has 25 heavy (non-hydrogen) atoms. The lowest BCUT2D eigenvalue weighted by Crippen LogP contribution is -2.40. The van der Waals surface area contributed by atoms with Crippen LogP contribution < -0.4 is 9.47 Å². The summed E-state index contributed by atoms with van der Waals surface area (Å²) in [5.74, 6) is 0.545. The molecule has 2 rings (SSSR count). The van der Waals surface area contributed by atoms with E-state index in [0.29, 0.717) is 36.6 Å². The van der Waals surface area contributed by atoms with E-state index in [1.807, 2.05) is 18.7 Å². The predicted octanol–water partition coefficient (Wildman–Crippen LogP) is 3.20. The van der Waals surface area contributed by atoms with Crippen molar-refractivity contribution in [3.05, 3.63) is 23.8 Å². The van der Waals surface area contributed by atoms with Gasteiger partial charge in [0.15, 0.2) is 0 Å². The first-order chi connectivity index (χ1) is 11.9. The summed E-state index contributed by atoms with van der Waals surface area (Å²) in [4.78, 5) is 25.6. The molecule has 0 aromatic heterocycles. The molecule has 0 aliphatic carbocycles. The maximum absolute atomic E-state index is 13.0. The number of nitrogens with zero attached hydrogens (tertiary/aromatic N) is 1. The van der Waals surface area contributed by atoms with Crippen LogP contribution in [-0.2, 0) is 4.79 Å². The molecule has 0 spiro atoms. The first-order valence-corrected chi connectivity index (χ1v) is 8.76. The third-order valence-electron chi connectivity index (χ3n) is 4.35. The highest BCUT2D eigenvalue weighted by Crippen LogP contribution is 2.29. The van der Waals surface area contributed by atoms with E-state index in [4.69, 9.17) is 14.6 Å². The van der Waals surface area contributed by atoms with Crippen LogP contribution >= 0.6 is 0 Å². The molecule has 1 fully saturated rings. The second-order valence-corrected chi connectivity index (χ2v) is 6.72. The molecule has 1 heterocycles. The van der Waals surface area contributed by atoms with Crippen molar-refractivity contribution in [2.24, 2.45) is 5.92 Å². The smallest absolute Gasteiger partial charge is 0.303 e. The van der Waals surface area contributed by atoms with Gasteiger partial charge < -0.3 is 19.5 Å². The SMILES string of the molecule is COc1ccc(C(=O)N2CCCC(CCC(=O)O)C2)c(OC(C)C)c1. The maximum atomic E-state index is 13.0. The highest BCUT2D eigenvalue weighted by Gasteiger charge is 2.27. The van der Waals surface area contributed by atoms with E-state index in [2.05, 4.69) is 0 Å². The predicted molar refractivity (Wildman–Crippen MR) is 94.3 cm³/mol. The molecule has 1 atom stereocenters. The van der Waals surface area contributed by atoms with Gasteiger partial charge in [0.05, 0.1) is 18.8 Å². The summed E-state index contributed by atoms with van der Waals surface area (Å²) < 4.78 is 11.0. The van der Waals surface area contributed by atoms with E-state index in [9.17, 15) is 9.59 Å². The third-order valence-corrected chi connectivity index (χ3v) is 4.35. The van der Waals surface area contributed by atoms with Crippen LogP contribution in [-0.4, -0.2) is 48.2 Å². The van der Waals surface area contributed by atoms with Crippen LogP contribution in [0.15, 0.2) is 18.2 Å². The summed E-state index contributed by atoms with van der Waals surface area (Å²) in [6.45, 7) is 5.11. The Balaban J connectivity index is 2.14. The minimum absolute atomic E-state index is 0.0525. The van der Waals surface area contributed by atoms with Crippen molar-refractivity contribution in [1.82, 2.24) is 4.90 Å². The van der Waals surface area contributed by atoms with Crippen LogP contribution in [0.1, 0.15) is 49.9 Å². The number of hydrogen-bond donors (Lipinski definition) is 1. The quantitative estimate of drug-likeness (QED) is 0.818. The zero-order valence-electron chi connectivity index (χ0n) is 15.2. The number of aliphatic carboxylic acids is 1. The maximum Gasteiger partial charge on any atom is 0.303 e. The van der Waals surface area contributed by atoms with Crippen molar-refractivity contribution in [3.63, 3.8) is 0 Å².